The highest BCUT2D eigenvalue weighted by Gasteiger charge is 2.22. The van der Waals surface area contributed by atoms with Gasteiger partial charge in [-0.2, -0.15) is 0 Å². The highest BCUT2D eigenvalue weighted by Crippen LogP contribution is 2.06. The fourth-order valence-corrected chi connectivity index (χ4v) is 1.28. The first kappa shape index (κ1) is 10.6. The van der Waals surface area contributed by atoms with Gasteiger partial charge < -0.3 is 14.7 Å². The van der Waals surface area contributed by atoms with Crippen LogP contribution in [0.25, 0.3) is 0 Å². The molecule has 1 rings (SSSR count). The Morgan fingerprint density at radius 2 is 2.00 bits per heavy atom. The topological polar surface area (TPSA) is 39.2 Å². The summed E-state index contributed by atoms with van der Waals surface area (Å²) >= 11 is 0. The Morgan fingerprint density at radius 3 is 2.45 bits per heavy atom. The molecule has 0 atom stereocenters. The number of hydrogen-bond donors (Lipinski definition) is 0. The van der Waals surface area contributed by atoms with Gasteiger partial charge in [-0.1, -0.05) is 6.58 Å². The molecule has 0 aromatic carbocycles. The van der Waals surface area contributed by atoms with Gasteiger partial charge in [-0.05, 0) is 6.08 Å². The molecule has 3 nitrogen and oxygen atoms in total. The van der Waals surface area contributed by atoms with E-state index >= 15 is 0 Å². The number of hydrogen-bond acceptors (Lipinski definition) is 2. The van der Waals surface area contributed by atoms with E-state index in [2.05, 4.69) is 13.6 Å². The second-order valence-electron chi connectivity index (χ2n) is 3.15. The number of nitrogens with zero attached hydrogens (tertiary/aromatic N) is 1. The third kappa shape index (κ3) is 3.01. The highest BCUT2D eigenvalue weighted by molar-refractivity contribution is 4.66. The molecule has 1 N–H and O–H groups in total. The van der Waals surface area contributed by atoms with Gasteiger partial charge in [0.05, 0.1) is 26.8 Å². The van der Waals surface area contributed by atoms with Crippen molar-refractivity contribution in [1.29, 1.82) is 0 Å². The summed E-state index contributed by atoms with van der Waals surface area (Å²) in [4.78, 5) is 0. The molecule has 3 heteroatoms. The molecule has 0 aromatic rings. The summed E-state index contributed by atoms with van der Waals surface area (Å²) in [5.41, 5.74) is 0. The molecule has 1 aliphatic heterocycles. The number of rotatable bonds is 2. The largest absolute Gasteiger partial charge is 0.870 e. The summed E-state index contributed by atoms with van der Waals surface area (Å²) in [6.07, 6.45) is 1.99. The Bertz CT molecular complexity index is 119. The van der Waals surface area contributed by atoms with Crippen LogP contribution in [0.15, 0.2) is 12.7 Å². The molecule has 0 amide bonds. The average molecular weight is 159 g/mol. The van der Waals surface area contributed by atoms with Gasteiger partial charge in [-0.3, -0.25) is 0 Å². The van der Waals surface area contributed by atoms with Crippen molar-refractivity contribution in [3.05, 3.63) is 12.7 Å². The minimum atomic E-state index is 0. The van der Waals surface area contributed by atoms with Crippen LogP contribution in [0.2, 0.25) is 0 Å². The number of morpholine rings is 1. The third-order valence-electron chi connectivity index (χ3n) is 2.12. The minimum absolute atomic E-state index is 0. The summed E-state index contributed by atoms with van der Waals surface area (Å²) in [5.74, 6) is 0. The Hall–Kier alpha value is -0.380. The van der Waals surface area contributed by atoms with Gasteiger partial charge in [0, 0.05) is 0 Å². The second-order valence-corrected chi connectivity index (χ2v) is 3.15. The van der Waals surface area contributed by atoms with E-state index in [0.717, 1.165) is 37.3 Å². The van der Waals surface area contributed by atoms with Crippen LogP contribution in [-0.2, 0) is 4.74 Å². The molecule has 1 saturated heterocycles. The molecule has 0 aliphatic carbocycles. The van der Waals surface area contributed by atoms with Crippen LogP contribution in [0.3, 0.4) is 0 Å². The predicted octanol–water partition coefficient (Wildman–Crippen LogP) is 0.472. The maximum Gasteiger partial charge on any atom is 0.102 e. The second kappa shape index (κ2) is 4.49. The Labute approximate surface area is 68.2 Å². The fraction of sp³-hybridized carbons (Fsp3) is 0.750. The van der Waals surface area contributed by atoms with Crippen molar-refractivity contribution in [3.8, 4) is 0 Å². The zero-order valence-electron chi connectivity index (χ0n) is 7.12. The lowest BCUT2D eigenvalue weighted by atomic mass is 10.3. The Morgan fingerprint density at radius 1 is 1.45 bits per heavy atom. The maximum atomic E-state index is 5.26. The predicted molar refractivity (Wildman–Crippen MR) is 43.7 cm³/mol. The SMILES string of the molecule is C=CC[N+]1(C)CCOCC1.[OH-]. The summed E-state index contributed by atoms with van der Waals surface area (Å²) < 4.78 is 6.36. The molecule has 0 aromatic heterocycles. The van der Waals surface area contributed by atoms with Crippen LogP contribution in [0.5, 0.6) is 0 Å². The van der Waals surface area contributed by atoms with Gasteiger partial charge in [-0.15, -0.1) is 0 Å². The zero-order chi connectivity index (χ0) is 7.45. The van der Waals surface area contributed by atoms with Crippen molar-refractivity contribution in [1.82, 2.24) is 0 Å². The van der Waals surface area contributed by atoms with E-state index in [1.807, 2.05) is 6.08 Å². The summed E-state index contributed by atoms with van der Waals surface area (Å²) in [6.45, 7) is 8.89. The van der Waals surface area contributed by atoms with E-state index in [-0.39, 0.29) is 5.48 Å². The van der Waals surface area contributed by atoms with Crippen LogP contribution in [0, 0.1) is 0 Å². The lowest BCUT2D eigenvalue weighted by molar-refractivity contribution is -0.911. The molecular weight excluding hydrogens is 142 g/mol. The number of likely N-dealkylation sites (N-methyl/N-ethyl adjacent to an activating group) is 1. The molecule has 11 heavy (non-hydrogen) atoms. The molecule has 0 bridgehead atoms. The van der Waals surface area contributed by atoms with Crippen LogP contribution >= 0.6 is 0 Å². The van der Waals surface area contributed by atoms with Crippen LogP contribution in [0.1, 0.15) is 0 Å². The number of ether oxygens (including phenoxy) is 1. The van der Waals surface area contributed by atoms with Gasteiger partial charge in [0.25, 0.3) is 0 Å². The highest BCUT2D eigenvalue weighted by atomic mass is 16.5. The van der Waals surface area contributed by atoms with E-state index in [9.17, 15) is 0 Å². The first-order chi connectivity index (χ1) is 4.77. The Kier molecular flexibility index (Phi) is 4.33. The molecule has 1 aliphatic rings. The maximum absolute atomic E-state index is 5.26. The minimum Gasteiger partial charge on any atom is -0.870 e. The molecule has 0 unspecified atom stereocenters. The van der Waals surface area contributed by atoms with Crippen molar-refractivity contribution >= 4 is 0 Å². The molecule has 1 heterocycles. The number of quaternary nitrogens is 1. The summed E-state index contributed by atoms with van der Waals surface area (Å²) in [5, 5.41) is 0. The monoisotopic (exact) mass is 159 g/mol. The van der Waals surface area contributed by atoms with Crippen molar-refractivity contribution in [2.24, 2.45) is 0 Å². The average Bonchev–Trinajstić information content (AvgIpc) is 1.89. The molecule has 0 saturated carbocycles. The molecule has 0 spiro atoms. The van der Waals surface area contributed by atoms with Crippen LogP contribution in [-0.4, -0.2) is 49.9 Å². The van der Waals surface area contributed by atoms with Gasteiger partial charge in [0.2, 0.25) is 0 Å². The molecule has 0 radical (unpaired) electrons. The van der Waals surface area contributed by atoms with E-state index < -0.39 is 0 Å². The molecular formula is C8H17NO2. The van der Waals surface area contributed by atoms with Crippen LogP contribution in [0.4, 0.5) is 0 Å². The first-order valence-electron chi connectivity index (χ1n) is 3.79. The molecule has 1 fully saturated rings. The van der Waals surface area contributed by atoms with E-state index in [0.29, 0.717) is 0 Å². The van der Waals surface area contributed by atoms with E-state index in [1.165, 1.54) is 0 Å². The van der Waals surface area contributed by atoms with Gasteiger partial charge >= 0.3 is 0 Å². The summed E-state index contributed by atoms with van der Waals surface area (Å²) in [6, 6.07) is 0. The normalized spacial score (nSPS) is 21.9. The standard InChI is InChI=1S/C8H16NO.H2O/c1-3-4-9(2)5-7-10-8-6-9;/h3H,1,4-8H2,2H3;1H2/q+1;/p-1. The van der Waals surface area contributed by atoms with Crippen LogP contribution < -0.4 is 0 Å². The van der Waals surface area contributed by atoms with E-state index in [1.54, 1.807) is 0 Å². The third-order valence-corrected chi connectivity index (χ3v) is 2.12. The lowest BCUT2D eigenvalue weighted by Gasteiger charge is -2.36. The summed E-state index contributed by atoms with van der Waals surface area (Å²) in [7, 11) is 2.25. The van der Waals surface area contributed by atoms with Gasteiger partial charge in [0.15, 0.2) is 0 Å². The smallest absolute Gasteiger partial charge is 0.102 e. The first-order valence-corrected chi connectivity index (χ1v) is 3.79. The van der Waals surface area contributed by atoms with Crippen molar-refractivity contribution in [2.75, 3.05) is 39.9 Å². The van der Waals surface area contributed by atoms with Crippen molar-refractivity contribution < 1.29 is 14.7 Å². The Balaban J connectivity index is 0.000001000. The lowest BCUT2D eigenvalue weighted by Crippen LogP contribution is -2.51. The fourth-order valence-electron chi connectivity index (χ4n) is 1.28. The van der Waals surface area contributed by atoms with Gasteiger partial charge in [-0.25, -0.2) is 0 Å². The molecule has 66 valence electrons. The quantitative estimate of drug-likeness (QED) is 0.434. The van der Waals surface area contributed by atoms with E-state index in [4.69, 9.17) is 4.74 Å². The van der Waals surface area contributed by atoms with Crippen molar-refractivity contribution in [3.63, 3.8) is 0 Å². The zero-order valence-corrected chi connectivity index (χ0v) is 7.12. The van der Waals surface area contributed by atoms with Crippen molar-refractivity contribution in [2.45, 2.75) is 0 Å². The van der Waals surface area contributed by atoms with Gasteiger partial charge in [0.1, 0.15) is 13.1 Å².